The van der Waals surface area contributed by atoms with Crippen LogP contribution in [0.5, 0.6) is 0 Å². The normalized spacial score (nSPS) is 15.8. The lowest BCUT2D eigenvalue weighted by molar-refractivity contribution is 0.0525. The van der Waals surface area contributed by atoms with Gasteiger partial charge in [0.2, 0.25) is 0 Å². The third-order valence-electron chi connectivity index (χ3n) is 4.75. The summed E-state index contributed by atoms with van der Waals surface area (Å²) in [5.41, 5.74) is 1.23. The van der Waals surface area contributed by atoms with Crippen molar-refractivity contribution in [1.82, 2.24) is 15.0 Å². The summed E-state index contributed by atoms with van der Waals surface area (Å²) >= 11 is 1.56. The number of piperazine rings is 1. The third kappa shape index (κ3) is 4.62. The molecule has 148 valence electrons. The summed E-state index contributed by atoms with van der Waals surface area (Å²) in [6, 6.07) is 15.2. The lowest BCUT2D eigenvalue weighted by Gasteiger charge is -2.35. The molecule has 0 saturated carbocycles. The van der Waals surface area contributed by atoms with Crippen molar-refractivity contribution in [1.29, 1.82) is 0 Å². The first-order chi connectivity index (χ1) is 13.2. The van der Waals surface area contributed by atoms with E-state index >= 15 is 0 Å². The van der Waals surface area contributed by atoms with E-state index in [0.29, 0.717) is 31.1 Å². The molecule has 1 amide bonds. The SMILES string of the molecule is Cl.O=C(c1cc(-c2ccccc2)on1)N1CCN(CC(O)c2cccs2)CC1. The summed E-state index contributed by atoms with van der Waals surface area (Å²) in [7, 11) is 0. The molecular formula is C20H22ClN3O3S. The number of aliphatic hydroxyl groups is 1. The monoisotopic (exact) mass is 419 g/mol. The second-order valence-corrected chi connectivity index (χ2v) is 7.55. The van der Waals surface area contributed by atoms with Crippen LogP contribution in [-0.2, 0) is 0 Å². The van der Waals surface area contributed by atoms with Gasteiger partial charge in [-0.05, 0) is 11.4 Å². The van der Waals surface area contributed by atoms with Crippen molar-refractivity contribution in [2.24, 2.45) is 0 Å². The zero-order valence-electron chi connectivity index (χ0n) is 15.2. The summed E-state index contributed by atoms with van der Waals surface area (Å²) in [4.78, 5) is 17.7. The van der Waals surface area contributed by atoms with Crippen molar-refractivity contribution in [3.05, 3.63) is 64.5 Å². The molecule has 1 aromatic carbocycles. The quantitative estimate of drug-likeness (QED) is 0.687. The number of nitrogens with zero attached hydrogens (tertiary/aromatic N) is 3. The summed E-state index contributed by atoms with van der Waals surface area (Å²) in [5, 5.41) is 16.2. The Bertz CT molecular complexity index is 877. The van der Waals surface area contributed by atoms with Crippen LogP contribution in [0, 0.1) is 0 Å². The second kappa shape index (κ2) is 9.34. The van der Waals surface area contributed by atoms with Gasteiger partial charge in [0.25, 0.3) is 5.91 Å². The Balaban J connectivity index is 0.00000225. The number of aromatic nitrogens is 1. The van der Waals surface area contributed by atoms with E-state index in [1.807, 2.05) is 47.8 Å². The van der Waals surface area contributed by atoms with Crippen molar-refractivity contribution in [3.8, 4) is 11.3 Å². The van der Waals surface area contributed by atoms with Gasteiger partial charge in [-0.3, -0.25) is 9.69 Å². The molecule has 0 aliphatic carbocycles. The van der Waals surface area contributed by atoms with Crippen molar-refractivity contribution in [3.63, 3.8) is 0 Å². The highest BCUT2D eigenvalue weighted by molar-refractivity contribution is 7.10. The van der Waals surface area contributed by atoms with E-state index in [0.717, 1.165) is 23.5 Å². The van der Waals surface area contributed by atoms with Gasteiger partial charge in [-0.15, -0.1) is 23.7 Å². The van der Waals surface area contributed by atoms with Gasteiger partial charge in [0.05, 0.1) is 0 Å². The molecule has 1 unspecified atom stereocenters. The number of carbonyl (C=O) groups is 1. The molecule has 0 radical (unpaired) electrons. The van der Waals surface area contributed by atoms with Crippen LogP contribution in [-0.4, -0.2) is 58.7 Å². The average molecular weight is 420 g/mol. The van der Waals surface area contributed by atoms with Crippen molar-refractivity contribution in [2.75, 3.05) is 32.7 Å². The molecule has 3 heterocycles. The van der Waals surface area contributed by atoms with Crippen molar-refractivity contribution >= 4 is 29.7 Å². The number of halogens is 1. The molecule has 1 aliphatic heterocycles. The number of hydrogen-bond acceptors (Lipinski definition) is 6. The summed E-state index contributed by atoms with van der Waals surface area (Å²) in [5.74, 6) is 0.482. The molecule has 3 aromatic rings. The number of rotatable bonds is 5. The van der Waals surface area contributed by atoms with E-state index < -0.39 is 6.10 Å². The van der Waals surface area contributed by atoms with Gasteiger partial charge in [0.1, 0.15) is 6.10 Å². The van der Waals surface area contributed by atoms with E-state index in [1.54, 1.807) is 22.3 Å². The maximum Gasteiger partial charge on any atom is 0.276 e. The van der Waals surface area contributed by atoms with Crippen LogP contribution in [0.1, 0.15) is 21.5 Å². The van der Waals surface area contributed by atoms with E-state index in [9.17, 15) is 9.90 Å². The van der Waals surface area contributed by atoms with Crippen LogP contribution in [0.4, 0.5) is 0 Å². The Hall–Kier alpha value is -2.19. The fourth-order valence-corrected chi connectivity index (χ4v) is 3.93. The predicted molar refractivity (Wildman–Crippen MR) is 111 cm³/mol. The highest BCUT2D eigenvalue weighted by Gasteiger charge is 2.26. The second-order valence-electron chi connectivity index (χ2n) is 6.57. The van der Waals surface area contributed by atoms with Crippen LogP contribution in [0.3, 0.4) is 0 Å². The van der Waals surface area contributed by atoms with Gasteiger partial charge in [0, 0.05) is 49.2 Å². The maximum atomic E-state index is 12.7. The minimum Gasteiger partial charge on any atom is -0.386 e. The van der Waals surface area contributed by atoms with E-state index in [4.69, 9.17) is 4.52 Å². The minimum absolute atomic E-state index is 0. The number of β-amino-alcohol motifs (C(OH)–C–C–N with tert-alkyl or cyclic N) is 1. The van der Waals surface area contributed by atoms with Gasteiger partial charge in [-0.2, -0.15) is 0 Å². The van der Waals surface area contributed by atoms with Gasteiger partial charge in [0.15, 0.2) is 11.5 Å². The molecule has 0 bridgehead atoms. The maximum absolute atomic E-state index is 12.7. The molecule has 6 nitrogen and oxygen atoms in total. The Morgan fingerprint density at radius 1 is 1.14 bits per heavy atom. The largest absolute Gasteiger partial charge is 0.386 e. The Morgan fingerprint density at radius 3 is 2.57 bits per heavy atom. The number of aliphatic hydroxyl groups excluding tert-OH is 1. The first-order valence-electron chi connectivity index (χ1n) is 8.96. The number of carbonyl (C=O) groups excluding carboxylic acids is 1. The molecule has 28 heavy (non-hydrogen) atoms. The molecule has 8 heteroatoms. The molecule has 0 spiro atoms. The molecule has 1 saturated heterocycles. The van der Waals surface area contributed by atoms with Crippen LogP contribution in [0.25, 0.3) is 11.3 Å². The highest BCUT2D eigenvalue weighted by atomic mass is 35.5. The minimum atomic E-state index is -0.476. The van der Waals surface area contributed by atoms with Crippen molar-refractivity contribution < 1.29 is 14.4 Å². The summed E-state index contributed by atoms with van der Waals surface area (Å²) in [6.45, 7) is 3.28. The molecular weight excluding hydrogens is 398 g/mol. The highest BCUT2D eigenvalue weighted by Crippen LogP contribution is 2.22. The topological polar surface area (TPSA) is 69.8 Å². The Kier molecular flexibility index (Phi) is 6.85. The predicted octanol–water partition coefficient (Wildman–Crippen LogP) is 3.32. The number of amides is 1. The number of thiophene rings is 1. The summed E-state index contributed by atoms with van der Waals surface area (Å²) < 4.78 is 5.34. The molecule has 1 N–H and O–H groups in total. The smallest absolute Gasteiger partial charge is 0.276 e. The first kappa shape index (κ1) is 20.5. The number of benzene rings is 1. The Morgan fingerprint density at radius 2 is 1.89 bits per heavy atom. The van der Waals surface area contributed by atoms with E-state index in [1.165, 1.54) is 0 Å². The lowest BCUT2D eigenvalue weighted by Crippen LogP contribution is -2.49. The molecule has 1 aliphatic rings. The fraction of sp³-hybridized carbons (Fsp3) is 0.300. The lowest BCUT2D eigenvalue weighted by atomic mass is 10.1. The van der Waals surface area contributed by atoms with E-state index in [-0.39, 0.29) is 18.3 Å². The molecule has 1 atom stereocenters. The summed E-state index contributed by atoms with van der Waals surface area (Å²) in [6.07, 6.45) is -0.476. The van der Waals surface area contributed by atoms with Crippen LogP contribution in [0.15, 0.2) is 58.4 Å². The van der Waals surface area contributed by atoms with Crippen LogP contribution >= 0.6 is 23.7 Å². The zero-order valence-corrected chi connectivity index (χ0v) is 16.9. The van der Waals surface area contributed by atoms with Gasteiger partial charge in [-0.1, -0.05) is 41.6 Å². The standard InChI is InChI=1S/C20H21N3O3S.ClH/c24-17(19-7-4-12-27-19)14-22-8-10-23(11-9-22)20(25)16-13-18(26-21-16)15-5-2-1-3-6-15;/h1-7,12-13,17,24H,8-11,14H2;1H. The zero-order chi connectivity index (χ0) is 18.6. The number of hydrogen-bond donors (Lipinski definition) is 1. The van der Waals surface area contributed by atoms with Gasteiger partial charge >= 0.3 is 0 Å². The van der Waals surface area contributed by atoms with E-state index in [2.05, 4.69) is 10.1 Å². The van der Waals surface area contributed by atoms with Crippen LogP contribution in [0.2, 0.25) is 0 Å². The molecule has 4 rings (SSSR count). The first-order valence-corrected chi connectivity index (χ1v) is 9.84. The average Bonchev–Trinajstić information content (AvgIpc) is 3.41. The Labute approximate surface area is 173 Å². The van der Waals surface area contributed by atoms with Crippen molar-refractivity contribution in [2.45, 2.75) is 6.10 Å². The van der Waals surface area contributed by atoms with Gasteiger partial charge in [-0.25, -0.2) is 0 Å². The third-order valence-corrected chi connectivity index (χ3v) is 5.72. The van der Waals surface area contributed by atoms with Crippen LogP contribution < -0.4 is 0 Å². The molecule has 2 aromatic heterocycles. The van der Waals surface area contributed by atoms with Gasteiger partial charge < -0.3 is 14.5 Å². The molecule has 1 fully saturated rings. The fourth-order valence-electron chi connectivity index (χ4n) is 3.23.